The van der Waals surface area contributed by atoms with Crippen molar-refractivity contribution >= 4 is 5.78 Å². The monoisotopic (exact) mass is 254 g/mol. The Bertz CT molecular complexity index is 605. The van der Waals surface area contributed by atoms with E-state index in [1.165, 1.54) is 0 Å². The third kappa shape index (κ3) is 2.19. The van der Waals surface area contributed by atoms with Crippen LogP contribution in [0.25, 0.3) is 0 Å². The standard InChI is InChI=1S/C16H14O3/c1-18-12-7-8-13-14(17)10-15(19-16(13)9-12)11-5-3-2-4-6-11/h2-9,15H,10H2,1H3/t15-/m0/s1. The first-order chi connectivity index (χ1) is 9.28. The number of ketones is 1. The van der Waals surface area contributed by atoms with Crippen molar-refractivity contribution in [2.24, 2.45) is 0 Å². The minimum absolute atomic E-state index is 0.109. The Kier molecular flexibility index (Phi) is 2.95. The minimum Gasteiger partial charge on any atom is -0.497 e. The van der Waals surface area contributed by atoms with E-state index in [4.69, 9.17) is 9.47 Å². The van der Waals surface area contributed by atoms with Crippen LogP contribution in [-0.2, 0) is 0 Å². The van der Waals surface area contributed by atoms with Gasteiger partial charge in [0.15, 0.2) is 5.78 Å². The molecule has 0 radical (unpaired) electrons. The first-order valence-electron chi connectivity index (χ1n) is 6.21. The van der Waals surface area contributed by atoms with Crippen LogP contribution >= 0.6 is 0 Å². The molecule has 1 heterocycles. The summed E-state index contributed by atoms with van der Waals surface area (Å²) in [4.78, 5) is 12.1. The molecular formula is C16H14O3. The lowest BCUT2D eigenvalue weighted by Crippen LogP contribution is -2.20. The summed E-state index contributed by atoms with van der Waals surface area (Å²) in [6, 6.07) is 15.1. The van der Waals surface area contributed by atoms with Crippen molar-refractivity contribution in [3.05, 3.63) is 59.7 Å². The van der Waals surface area contributed by atoms with E-state index in [1.807, 2.05) is 30.3 Å². The Balaban J connectivity index is 1.96. The maximum absolute atomic E-state index is 12.1. The Hall–Kier alpha value is -2.29. The molecular weight excluding hydrogens is 240 g/mol. The number of ether oxygens (including phenoxy) is 2. The van der Waals surface area contributed by atoms with E-state index in [0.29, 0.717) is 23.5 Å². The number of carbonyl (C=O) groups is 1. The van der Waals surface area contributed by atoms with Gasteiger partial charge >= 0.3 is 0 Å². The second-order valence-corrected chi connectivity index (χ2v) is 4.51. The topological polar surface area (TPSA) is 35.5 Å². The Morgan fingerprint density at radius 1 is 1.16 bits per heavy atom. The number of hydrogen-bond acceptors (Lipinski definition) is 3. The number of carbonyl (C=O) groups excluding carboxylic acids is 1. The molecule has 1 atom stereocenters. The van der Waals surface area contributed by atoms with Crippen LogP contribution in [0, 0.1) is 0 Å². The molecule has 3 heteroatoms. The predicted molar refractivity (Wildman–Crippen MR) is 71.8 cm³/mol. The highest BCUT2D eigenvalue weighted by Gasteiger charge is 2.27. The van der Waals surface area contributed by atoms with Crippen molar-refractivity contribution in [2.75, 3.05) is 7.11 Å². The number of Topliss-reactive ketones (excluding diaryl/α,β-unsaturated/α-hetero) is 1. The van der Waals surface area contributed by atoms with Crippen LogP contribution in [0.1, 0.15) is 28.4 Å². The Labute approximate surface area is 111 Å². The summed E-state index contributed by atoms with van der Waals surface area (Å²) >= 11 is 0. The van der Waals surface area contributed by atoms with E-state index in [1.54, 1.807) is 25.3 Å². The van der Waals surface area contributed by atoms with E-state index in [0.717, 1.165) is 5.56 Å². The van der Waals surface area contributed by atoms with Gasteiger partial charge in [-0.2, -0.15) is 0 Å². The normalized spacial score (nSPS) is 17.5. The number of hydrogen-bond donors (Lipinski definition) is 0. The molecule has 1 aliphatic heterocycles. The molecule has 0 spiro atoms. The zero-order valence-electron chi connectivity index (χ0n) is 10.6. The van der Waals surface area contributed by atoms with Crippen LogP contribution in [0.4, 0.5) is 0 Å². The Morgan fingerprint density at radius 2 is 1.95 bits per heavy atom. The SMILES string of the molecule is COc1ccc2c(c1)O[C@H](c1ccccc1)CC2=O. The van der Waals surface area contributed by atoms with E-state index in [-0.39, 0.29) is 11.9 Å². The second-order valence-electron chi connectivity index (χ2n) is 4.51. The lowest BCUT2D eigenvalue weighted by Gasteiger charge is -2.25. The molecule has 3 rings (SSSR count). The average molecular weight is 254 g/mol. The summed E-state index contributed by atoms with van der Waals surface area (Å²) in [5.41, 5.74) is 1.65. The molecule has 0 bridgehead atoms. The van der Waals surface area contributed by atoms with Gasteiger partial charge in [-0.25, -0.2) is 0 Å². The minimum atomic E-state index is -0.215. The zero-order chi connectivity index (χ0) is 13.2. The van der Waals surface area contributed by atoms with Crippen LogP contribution in [-0.4, -0.2) is 12.9 Å². The molecule has 2 aromatic rings. The molecule has 0 saturated carbocycles. The summed E-state index contributed by atoms with van der Waals surface area (Å²) in [6.45, 7) is 0. The van der Waals surface area contributed by atoms with Crippen LogP contribution < -0.4 is 9.47 Å². The highest BCUT2D eigenvalue weighted by atomic mass is 16.5. The average Bonchev–Trinajstić information content (AvgIpc) is 2.47. The quantitative estimate of drug-likeness (QED) is 0.824. The first kappa shape index (κ1) is 11.8. The molecule has 2 aromatic carbocycles. The van der Waals surface area contributed by atoms with Crippen molar-refractivity contribution in [3.63, 3.8) is 0 Å². The van der Waals surface area contributed by atoms with Gasteiger partial charge < -0.3 is 9.47 Å². The van der Waals surface area contributed by atoms with Crippen molar-refractivity contribution in [1.29, 1.82) is 0 Å². The molecule has 0 fully saturated rings. The fourth-order valence-electron chi connectivity index (χ4n) is 2.28. The fraction of sp³-hybridized carbons (Fsp3) is 0.188. The van der Waals surface area contributed by atoms with Gasteiger partial charge in [-0.3, -0.25) is 4.79 Å². The van der Waals surface area contributed by atoms with Crippen LogP contribution in [0.15, 0.2) is 48.5 Å². The highest BCUT2D eigenvalue weighted by Crippen LogP contribution is 2.36. The predicted octanol–water partition coefficient (Wildman–Crippen LogP) is 3.40. The van der Waals surface area contributed by atoms with Gasteiger partial charge in [-0.1, -0.05) is 30.3 Å². The van der Waals surface area contributed by atoms with E-state index < -0.39 is 0 Å². The summed E-state index contributed by atoms with van der Waals surface area (Å²) < 4.78 is 11.1. The van der Waals surface area contributed by atoms with Gasteiger partial charge in [0.1, 0.15) is 17.6 Å². The van der Waals surface area contributed by atoms with Crippen LogP contribution in [0.3, 0.4) is 0 Å². The largest absolute Gasteiger partial charge is 0.497 e. The van der Waals surface area contributed by atoms with Gasteiger partial charge in [-0.05, 0) is 17.7 Å². The number of rotatable bonds is 2. The maximum atomic E-state index is 12.1. The van der Waals surface area contributed by atoms with E-state index in [9.17, 15) is 4.79 Å². The van der Waals surface area contributed by atoms with Crippen LogP contribution in [0.2, 0.25) is 0 Å². The number of benzene rings is 2. The second kappa shape index (κ2) is 4.76. The number of fused-ring (bicyclic) bond motifs is 1. The van der Waals surface area contributed by atoms with Crippen LogP contribution in [0.5, 0.6) is 11.5 Å². The van der Waals surface area contributed by atoms with Crippen molar-refractivity contribution in [2.45, 2.75) is 12.5 Å². The summed E-state index contributed by atoms with van der Waals surface area (Å²) in [5, 5.41) is 0. The van der Waals surface area contributed by atoms with Gasteiger partial charge in [-0.15, -0.1) is 0 Å². The van der Waals surface area contributed by atoms with Gasteiger partial charge in [0.25, 0.3) is 0 Å². The van der Waals surface area contributed by atoms with Gasteiger partial charge in [0.2, 0.25) is 0 Å². The molecule has 1 aliphatic rings. The molecule has 0 aromatic heterocycles. The first-order valence-corrected chi connectivity index (χ1v) is 6.21. The molecule has 96 valence electrons. The molecule has 3 nitrogen and oxygen atoms in total. The molecule has 0 aliphatic carbocycles. The lowest BCUT2D eigenvalue weighted by molar-refractivity contribution is 0.0849. The van der Waals surface area contributed by atoms with Gasteiger partial charge in [0, 0.05) is 6.07 Å². The zero-order valence-corrected chi connectivity index (χ0v) is 10.6. The van der Waals surface area contributed by atoms with Gasteiger partial charge in [0.05, 0.1) is 19.1 Å². The maximum Gasteiger partial charge on any atom is 0.170 e. The van der Waals surface area contributed by atoms with Crippen molar-refractivity contribution in [3.8, 4) is 11.5 Å². The number of methoxy groups -OCH3 is 1. The van der Waals surface area contributed by atoms with Crippen molar-refractivity contribution in [1.82, 2.24) is 0 Å². The molecule has 0 amide bonds. The molecule has 0 N–H and O–H groups in total. The molecule has 19 heavy (non-hydrogen) atoms. The molecule has 0 unspecified atom stereocenters. The lowest BCUT2D eigenvalue weighted by atomic mass is 9.96. The Morgan fingerprint density at radius 3 is 2.68 bits per heavy atom. The highest BCUT2D eigenvalue weighted by molar-refractivity contribution is 6.00. The summed E-state index contributed by atoms with van der Waals surface area (Å²) in [5.74, 6) is 1.41. The molecule has 0 saturated heterocycles. The third-order valence-corrected chi connectivity index (χ3v) is 3.30. The smallest absolute Gasteiger partial charge is 0.170 e. The van der Waals surface area contributed by atoms with E-state index >= 15 is 0 Å². The fourth-order valence-corrected chi connectivity index (χ4v) is 2.28. The van der Waals surface area contributed by atoms with Crippen molar-refractivity contribution < 1.29 is 14.3 Å². The summed E-state index contributed by atoms with van der Waals surface area (Å²) in [6.07, 6.45) is 0.164. The summed E-state index contributed by atoms with van der Waals surface area (Å²) in [7, 11) is 1.60. The van der Waals surface area contributed by atoms with E-state index in [2.05, 4.69) is 0 Å². The third-order valence-electron chi connectivity index (χ3n) is 3.30.